The second-order valence-corrected chi connectivity index (χ2v) is 5.24. The first-order valence-electron chi connectivity index (χ1n) is 3.69. The van der Waals surface area contributed by atoms with Gasteiger partial charge in [-0.15, -0.1) is 0 Å². The largest absolute Gasteiger partial charge is 1.00 e. The Morgan fingerprint density at radius 1 is 1.17 bits per heavy atom. The maximum Gasteiger partial charge on any atom is 1.00 e. The smallest absolute Gasteiger partial charge is 0.500 e. The van der Waals surface area contributed by atoms with Crippen LogP contribution in [0, 0.1) is 0 Å². The monoisotopic (exact) mass is 172 g/mol. The van der Waals surface area contributed by atoms with Gasteiger partial charge in [0.15, 0.2) is 0 Å². The van der Waals surface area contributed by atoms with Crippen molar-refractivity contribution in [1.29, 1.82) is 0 Å². The van der Waals surface area contributed by atoms with Crippen molar-refractivity contribution in [3.8, 4) is 5.75 Å². The van der Waals surface area contributed by atoms with Crippen molar-refractivity contribution in [2.45, 2.75) is 13.1 Å². The second-order valence-electron chi connectivity index (χ2n) is 2.70. The summed E-state index contributed by atoms with van der Waals surface area (Å²) in [6.45, 7) is 4.53. The van der Waals surface area contributed by atoms with Gasteiger partial charge in [-0.05, 0) is 6.07 Å². The van der Waals surface area contributed by atoms with Crippen LogP contribution in [-0.2, 0) is 0 Å². The van der Waals surface area contributed by atoms with Crippen LogP contribution in [0.1, 0.15) is 0 Å². The van der Waals surface area contributed by atoms with Crippen molar-refractivity contribution in [2.75, 3.05) is 7.11 Å². The predicted molar refractivity (Wildman–Crippen MR) is 50.1 cm³/mol. The van der Waals surface area contributed by atoms with E-state index < -0.39 is 0 Å². The van der Waals surface area contributed by atoms with Crippen molar-refractivity contribution in [1.82, 2.24) is 0 Å². The molecule has 0 fully saturated rings. The molecule has 0 N–H and O–H groups in total. The Morgan fingerprint density at radius 2 is 1.75 bits per heavy atom. The average molecular weight is 172 g/mol. The third-order valence-corrected chi connectivity index (χ3v) is 3.14. The van der Waals surface area contributed by atoms with Crippen LogP contribution >= 0.6 is 0 Å². The van der Waals surface area contributed by atoms with Crippen molar-refractivity contribution in [2.24, 2.45) is 0 Å². The summed E-state index contributed by atoms with van der Waals surface area (Å²) in [6.07, 6.45) is 0. The van der Waals surface area contributed by atoms with Gasteiger partial charge in [0, 0.05) is 0 Å². The van der Waals surface area contributed by atoms with Crippen LogP contribution in [-0.4, -0.2) is 15.9 Å². The first-order chi connectivity index (χ1) is 5.25. The number of ether oxygens (including phenoxy) is 1. The van der Waals surface area contributed by atoms with Crippen LogP contribution in [0.3, 0.4) is 0 Å². The van der Waals surface area contributed by atoms with Gasteiger partial charge in [0.2, 0.25) is 0 Å². The Kier molecular flexibility index (Phi) is 5.40. The minimum atomic E-state index is -0.379. The van der Waals surface area contributed by atoms with Gasteiger partial charge in [0.1, 0.15) is 0 Å². The summed E-state index contributed by atoms with van der Waals surface area (Å²) in [5.41, 5.74) is 0. The predicted octanol–water partition coefficient (Wildman–Crippen LogP) is -1.34. The first-order valence-corrected chi connectivity index (χ1v) is 6.19. The summed E-state index contributed by atoms with van der Waals surface area (Å²) in [6, 6.07) is 8.24. The van der Waals surface area contributed by atoms with Gasteiger partial charge in [-0.1, -0.05) is 18.2 Å². The molecule has 0 heterocycles. The maximum absolute atomic E-state index is 5.23. The zero-order chi connectivity index (χ0) is 8.27. The van der Waals surface area contributed by atoms with E-state index in [2.05, 4.69) is 25.2 Å². The molecule has 0 amide bonds. The van der Waals surface area contributed by atoms with E-state index in [-0.39, 0.29) is 27.7 Å². The Bertz CT molecular complexity index is 238. The molecule has 0 saturated carbocycles. The normalized spacial score (nSPS) is 8.58. The standard InChI is InChI=1S/C9H13OSi.Li/c1-10-8-6-4-5-7-9(8)11(2)3;/h4-7H,1-3H3;/q-1;+1. The minimum absolute atomic E-state index is 0. The maximum atomic E-state index is 5.23. The molecule has 3 heteroatoms. The number of hydrogen-bond donors (Lipinski definition) is 0. The van der Waals surface area contributed by atoms with E-state index in [1.165, 1.54) is 5.19 Å². The fourth-order valence-electron chi connectivity index (χ4n) is 1.06. The van der Waals surface area contributed by atoms with Crippen molar-refractivity contribution in [3.05, 3.63) is 24.3 Å². The zero-order valence-corrected chi connectivity index (χ0v) is 9.22. The second kappa shape index (κ2) is 5.47. The van der Waals surface area contributed by atoms with E-state index in [1.807, 2.05) is 12.1 Å². The van der Waals surface area contributed by atoms with Crippen LogP contribution in [0.4, 0.5) is 0 Å². The van der Waals surface area contributed by atoms with Gasteiger partial charge < -0.3 is 4.74 Å². The Hall–Kier alpha value is -0.166. The SMILES string of the molecule is COc1ccccc1[Si-](C)C.[Li+]. The van der Waals surface area contributed by atoms with Crippen LogP contribution in [0.2, 0.25) is 13.1 Å². The van der Waals surface area contributed by atoms with Gasteiger partial charge in [0.05, 0.1) is 12.9 Å². The van der Waals surface area contributed by atoms with Crippen molar-refractivity contribution in [3.63, 3.8) is 0 Å². The van der Waals surface area contributed by atoms with Gasteiger partial charge in [-0.2, -0.15) is 18.3 Å². The molecular weight excluding hydrogens is 159 g/mol. The van der Waals surface area contributed by atoms with E-state index >= 15 is 0 Å². The van der Waals surface area contributed by atoms with Gasteiger partial charge in [-0.25, -0.2) is 0 Å². The van der Waals surface area contributed by atoms with Gasteiger partial charge >= 0.3 is 18.9 Å². The van der Waals surface area contributed by atoms with E-state index in [4.69, 9.17) is 4.74 Å². The number of benzene rings is 1. The number of methoxy groups -OCH3 is 1. The van der Waals surface area contributed by atoms with Gasteiger partial charge in [0.25, 0.3) is 0 Å². The molecule has 0 aliphatic rings. The van der Waals surface area contributed by atoms with E-state index in [1.54, 1.807) is 7.11 Å². The fraction of sp³-hybridized carbons (Fsp3) is 0.333. The quantitative estimate of drug-likeness (QED) is 0.502. The molecule has 0 aromatic heterocycles. The molecule has 0 saturated heterocycles. The summed E-state index contributed by atoms with van der Waals surface area (Å²) in [5, 5.41) is 1.38. The van der Waals surface area contributed by atoms with Crippen molar-refractivity contribution < 1.29 is 23.6 Å². The molecule has 0 aliphatic heterocycles. The summed E-state index contributed by atoms with van der Waals surface area (Å²) < 4.78 is 5.23. The number of hydrogen-bond acceptors (Lipinski definition) is 1. The summed E-state index contributed by atoms with van der Waals surface area (Å²) >= 11 is 0. The molecule has 0 aliphatic carbocycles. The van der Waals surface area contributed by atoms with Crippen LogP contribution in [0.25, 0.3) is 0 Å². The summed E-state index contributed by atoms with van der Waals surface area (Å²) in [7, 11) is 1.35. The number of para-hydroxylation sites is 1. The Balaban J connectivity index is 0.00000121. The Labute approximate surface area is 87.9 Å². The van der Waals surface area contributed by atoms with Crippen molar-refractivity contribution >= 4 is 14.0 Å². The molecule has 0 bridgehead atoms. The molecular formula is C9H13LiOSi. The molecule has 12 heavy (non-hydrogen) atoms. The molecule has 0 spiro atoms. The van der Waals surface area contributed by atoms with Crippen LogP contribution < -0.4 is 28.8 Å². The summed E-state index contributed by atoms with van der Waals surface area (Å²) in [4.78, 5) is 0. The van der Waals surface area contributed by atoms with E-state index in [9.17, 15) is 0 Å². The summed E-state index contributed by atoms with van der Waals surface area (Å²) in [5.74, 6) is 1.03. The van der Waals surface area contributed by atoms with E-state index in [0.717, 1.165) is 5.75 Å². The third kappa shape index (κ3) is 2.71. The molecule has 1 nitrogen and oxygen atoms in total. The minimum Gasteiger partial charge on any atom is -0.500 e. The molecule has 0 unspecified atom stereocenters. The third-order valence-electron chi connectivity index (χ3n) is 1.65. The molecule has 0 atom stereocenters. The molecule has 1 aromatic rings. The molecule has 0 radical (unpaired) electrons. The first kappa shape index (κ1) is 11.8. The van der Waals surface area contributed by atoms with Crippen LogP contribution in [0.5, 0.6) is 5.75 Å². The zero-order valence-electron chi connectivity index (χ0n) is 8.22. The fourth-order valence-corrected chi connectivity index (χ4v) is 2.17. The van der Waals surface area contributed by atoms with Gasteiger partial charge in [-0.3, -0.25) is 8.80 Å². The molecule has 1 rings (SSSR count). The van der Waals surface area contributed by atoms with Crippen LogP contribution in [0.15, 0.2) is 24.3 Å². The van der Waals surface area contributed by atoms with E-state index in [0.29, 0.717) is 0 Å². The number of rotatable bonds is 2. The molecule has 1 aromatic carbocycles. The average Bonchev–Trinajstić information content (AvgIpc) is 2.04. The Morgan fingerprint density at radius 3 is 2.17 bits per heavy atom. The molecule has 60 valence electrons. The topological polar surface area (TPSA) is 9.23 Å².